The molecule has 1 saturated heterocycles. The predicted octanol–water partition coefficient (Wildman–Crippen LogP) is 3.62. The Morgan fingerprint density at radius 2 is 2.04 bits per heavy atom. The van der Waals surface area contributed by atoms with Gasteiger partial charge in [-0.3, -0.25) is 9.58 Å². The number of methoxy groups -OCH3 is 1. The van der Waals surface area contributed by atoms with Crippen molar-refractivity contribution in [3.05, 3.63) is 47.8 Å². The number of hydrogen-bond acceptors (Lipinski definition) is 3. The Hall–Kier alpha value is -2.02. The Kier molecular flexibility index (Phi) is 5.32. The van der Waals surface area contributed by atoms with E-state index in [0.717, 1.165) is 5.56 Å². The van der Waals surface area contributed by atoms with E-state index in [1.807, 2.05) is 0 Å². The molecule has 1 aromatic heterocycles. The van der Waals surface area contributed by atoms with E-state index < -0.39 is 18.6 Å². The summed E-state index contributed by atoms with van der Waals surface area (Å²) in [5.74, 6) is 0.656. The van der Waals surface area contributed by atoms with Crippen LogP contribution in [0, 0.1) is 0 Å². The number of ether oxygens (including phenoxy) is 1. The first-order valence-corrected chi connectivity index (χ1v) is 8.34. The van der Waals surface area contributed by atoms with Crippen molar-refractivity contribution in [1.29, 1.82) is 0 Å². The van der Waals surface area contributed by atoms with Crippen LogP contribution in [0.15, 0.2) is 36.7 Å². The second kappa shape index (κ2) is 7.47. The quantitative estimate of drug-likeness (QED) is 0.795. The lowest BCUT2D eigenvalue weighted by molar-refractivity contribution is 0.0524. The standard InChI is InChI=1S/C18H22F3N3O/c1-25-16-4-2-3-15(9-16)18(21)5-7-23(8-6-18)11-14-10-22-24(12-14)13-17(19)20/h2-4,9-10,12,17H,5-8,11,13H2,1H3. The Morgan fingerprint density at radius 1 is 1.28 bits per heavy atom. The summed E-state index contributed by atoms with van der Waals surface area (Å²) in [4.78, 5) is 2.13. The van der Waals surface area contributed by atoms with Crippen molar-refractivity contribution in [3.63, 3.8) is 0 Å². The molecule has 0 bridgehead atoms. The molecule has 4 nitrogen and oxygen atoms in total. The van der Waals surface area contributed by atoms with Crippen LogP contribution in [0.2, 0.25) is 0 Å². The molecule has 0 amide bonds. The fourth-order valence-electron chi connectivity index (χ4n) is 3.24. The highest BCUT2D eigenvalue weighted by molar-refractivity contribution is 5.32. The zero-order valence-corrected chi connectivity index (χ0v) is 14.2. The van der Waals surface area contributed by atoms with E-state index in [1.54, 1.807) is 43.8 Å². The molecule has 25 heavy (non-hydrogen) atoms. The molecule has 0 unspecified atom stereocenters. The Labute approximate surface area is 145 Å². The summed E-state index contributed by atoms with van der Waals surface area (Å²) in [7, 11) is 1.57. The molecule has 1 fully saturated rings. The predicted molar refractivity (Wildman–Crippen MR) is 88.5 cm³/mol. The lowest BCUT2D eigenvalue weighted by Crippen LogP contribution is -2.39. The van der Waals surface area contributed by atoms with Gasteiger partial charge in [0.15, 0.2) is 0 Å². The van der Waals surface area contributed by atoms with Gasteiger partial charge in [0.05, 0.1) is 13.3 Å². The van der Waals surface area contributed by atoms with E-state index in [1.165, 1.54) is 4.68 Å². The highest BCUT2D eigenvalue weighted by Gasteiger charge is 2.36. The van der Waals surface area contributed by atoms with Gasteiger partial charge in [-0.15, -0.1) is 0 Å². The number of piperidine rings is 1. The van der Waals surface area contributed by atoms with Gasteiger partial charge in [0.2, 0.25) is 0 Å². The molecule has 2 aromatic rings. The van der Waals surface area contributed by atoms with Crippen LogP contribution in [-0.4, -0.2) is 41.3 Å². The number of likely N-dealkylation sites (tertiary alicyclic amines) is 1. The maximum Gasteiger partial charge on any atom is 0.257 e. The fourth-order valence-corrected chi connectivity index (χ4v) is 3.24. The first-order chi connectivity index (χ1) is 12.0. The maximum atomic E-state index is 15.3. The normalized spacial score (nSPS) is 17.8. The van der Waals surface area contributed by atoms with Crippen LogP contribution in [0.25, 0.3) is 0 Å². The third-order valence-corrected chi connectivity index (χ3v) is 4.65. The van der Waals surface area contributed by atoms with E-state index in [9.17, 15) is 8.78 Å². The van der Waals surface area contributed by atoms with Gasteiger partial charge in [0, 0.05) is 31.4 Å². The minimum absolute atomic E-state index is 0.394. The molecule has 7 heteroatoms. The van der Waals surface area contributed by atoms with Crippen molar-refractivity contribution in [2.75, 3.05) is 20.2 Å². The van der Waals surface area contributed by atoms with E-state index in [-0.39, 0.29) is 0 Å². The van der Waals surface area contributed by atoms with E-state index in [0.29, 0.717) is 43.8 Å². The topological polar surface area (TPSA) is 30.3 Å². The summed E-state index contributed by atoms with van der Waals surface area (Å²) in [5.41, 5.74) is 0.162. The zero-order chi connectivity index (χ0) is 17.9. The maximum absolute atomic E-state index is 15.3. The lowest BCUT2D eigenvalue weighted by Gasteiger charge is -2.36. The molecule has 0 aliphatic carbocycles. The third-order valence-electron chi connectivity index (χ3n) is 4.65. The number of alkyl halides is 3. The number of benzene rings is 1. The van der Waals surface area contributed by atoms with Crippen LogP contribution in [0.5, 0.6) is 5.75 Å². The summed E-state index contributed by atoms with van der Waals surface area (Å²) >= 11 is 0. The van der Waals surface area contributed by atoms with Gasteiger partial charge in [0.25, 0.3) is 6.43 Å². The van der Waals surface area contributed by atoms with Crippen molar-refractivity contribution in [1.82, 2.24) is 14.7 Å². The van der Waals surface area contributed by atoms with Crippen molar-refractivity contribution < 1.29 is 17.9 Å². The monoisotopic (exact) mass is 353 g/mol. The molecule has 136 valence electrons. The average Bonchev–Trinajstić information content (AvgIpc) is 3.03. The molecular formula is C18H22F3N3O. The van der Waals surface area contributed by atoms with E-state index in [2.05, 4.69) is 10.00 Å². The van der Waals surface area contributed by atoms with Crippen LogP contribution in [-0.2, 0) is 18.8 Å². The molecule has 1 aliphatic rings. The molecular weight excluding hydrogens is 331 g/mol. The minimum Gasteiger partial charge on any atom is -0.497 e. The van der Waals surface area contributed by atoms with Crippen molar-refractivity contribution in [2.45, 2.75) is 38.0 Å². The van der Waals surface area contributed by atoms with Crippen LogP contribution < -0.4 is 4.74 Å². The van der Waals surface area contributed by atoms with E-state index in [4.69, 9.17) is 4.74 Å². The molecule has 1 aliphatic heterocycles. The summed E-state index contributed by atoms with van der Waals surface area (Å²) in [5, 5.41) is 3.94. The molecule has 0 saturated carbocycles. The van der Waals surface area contributed by atoms with Crippen molar-refractivity contribution in [3.8, 4) is 5.75 Å². The summed E-state index contributed by atoms with van der Waals surface area (Å²) < 4.78 is 46.5. The van der Waals surface area contributed by atoms with Crippen LogP contribution in [0.3, 0.4) is 0 Å². The van der Waals surface area contributed by atoms with Gasteiger partial charge in [-0.1, -0.05) is 12.1 Å². The minimum atomic E-state index is -2.42. The number of nitrogens with zero attached hydrogens (tertiary/aromatic N) is 3. The van der Waals surface area contributed by atoms with Gasteiger partial charge < -0.3 is 4.74 Å². The number of aromatic nitrogens is 2. The Bertz CT molecular complexity index is 696. The second-order valence-corrected chi connectivity index (χ2v) is 6.44. The molecule has 0 atom stereocenters. The summed E-state index contributed by atoms with van der Waals surface area (Å²) in [6, 6.07) is 7.16. The van der Waals surface area contributed by atoms with Crippen molar-refractivity contribution in [2.24, 2.45) is 0 Å². The molecule has 0 spiro atoms. The molecule has 1 aromatic carbocycles. The van der Waals surface area contributed by atoms with Crippen LogP contribution in [0.4, 0.5) is 13.2 Å². The van der Waals surface area contributed by atoms with Gasteiger partial charge in [-0.25, -0.2) is 13.2 Å². The SMILES string of the molecule is COc1cccc(C2(F)CCN(Cc3cnn(CC(F)F)c3)CC2)c1. The summed E-state index contributed by atoms with van der Waals surface area (Å²) in [6.07, 6.45) is 1.60. The van der Waals surface area contributed by atoms with Gasteiger partial charge in [0.1, 0.15) is 18.0 Å². The number of halogens is 3. The highest BCUT2D eigenvalue weighted by Crippen LogP contribution is 2.38. The number of rotatable bonds is 6. The fraction of sp³-hybridized carbons (Fsp3) is 0.500. The van der Waals surface area contributed by atoms with Crippen LogP contribution in [0.1, 0.15) is 24.0 Å². The Morgan fingerprint density at radius 3 is 2.72 bits per heavy atom. The smallest absolute Gasteiger partial charge is 0.257 e. The first kappa shape index (κ1) is 17.8. The molecule has 2 heterocycles. The second-order valence-electron chi connectivity index (χ2n) is 6.44. The molecule has 3 rings (SSSR count). The van der Waals surface area contributed by atoms with Gasteiger partial charge in [-0.2, -0.15) is 5.10 Å². The largest absolute Gasteiger partial charge is 0.497 e. The zero-order valence-electron chi connectivity index (χ0n) is 14.2. The van der Waals surface area contributed by atoms with Gasteiger partial charge in [-0.05, 0) is 30.5 Å². The first-order valence-electron chi connectivity index (χ1n) is 8.34. The lowest BCUT2D eigenvalue weighted by atomic mass is 9.86. The van der Waals surface area contributed by atoms with Crippen LogP contribution >= 0.6 is 0 Å². The van der Waals surface area contributed by atoms with E-state index >= 15 is 4.39 Å². The molecule has 0 N–H and O–H groups in total. The molecule has 0 radical (unpaired) electrons. The third kappa shape index (κ3) is 4.34. The van der Waals surface area contributed by atoms with Crippen molar-refractivity contribution >= 4 is 0 Å². The highest BCUT2D eigenvalue weighted by atomic mass is 19.3. The average molecular weight is 353 g/mol. The van der Waals surface area contributed by atoms with Gasteiger partial charge >= 0.3 is 0 Å². The number of hydrogen-bond donors (Lipinski definition) is 0. The summed E-state index contributed by atoms with van der Waals surface area (Å²) in [6.45, 7) is 1.41. The Balaban J connectivity index is 1.58.